The first-order valence-electron chi connectivity index (χ1n) is 7.78. The Morgan fingerprint density at radius 2 is 1.80 bits per heavy atom. The van der Waals surface area contributed by atoms with Crippen LogP contribution in [0.3, 0.4) is 0 Å². The lowest BCUT2D eigenvalue weighted by Crippen LogP contribution is -2.29. The van der Waals surface area contributed by atoms with Crippen LogP contribution >= 0.6 is 23.2 Å². The van der Waals surface area contributed by atoms with Crippen LogP contribution in [0, 0.1) is 5.41 Å². The Kier molecular flexibility index (Phi) is 6.84. The number of aliphatic hydroxyl groups is 1. The third kappa shape index (κ3) is 6.80. The summed E-state index contributed by atoms with van der Waals surface area (Å²) in [5.41, 5.74) is -1.02. The van der Waals surface area contributed by atoms with Gasteiger partial charge in [-0.15, -0.1) is 0 Å². The highest BCUT2D eigenvalue weighted by Gasteiger charge is 2.27. The summed E-state index contributed by atoms with van der Waals surface area (Å²) >= 11 is 12.0. The molecule has 0 aliphatic rings. The second-order valence-corrected chi connectivity index (χ2v) is 8.45. The number of nitrogens with one attached hydrogen (secondary N) is 1. The number of aromatic nitrogens is 1. The van der Waals surface area contributed by atoms with Crippen molar-refractivity contribution >= 4 is 40.8 Å². The summed E-state index contributed by atoms with van der Waals surface area (Å²) in [6.07, 6.45) is -1.64. The summed E-state index contributed by atoms with van der Waals surface area (Å²) in [5, 5.41) is 13.1. The molecule has 0 saturated heterocycles. The Bertz CT molecular complexity index is 664. The Morgan fingerprint density at radius 1 is 1.24 bits per heavy atom. The number of aliphatic hydroxyl groups excluding tert-OH is 1. The van der Waals surface area contributed by atoms with Crippen LogP contribution in [-0.2, 0) is 14.3 Å². The summed E-state index contributed by atoms with van der Waals surface area (Å²) in [6, 6.07) is 1.38. The first-order valence-corrected chi connectivity index (χ1v) is 8.53. The molecule has 0 aliphatic heterocycles. The molecule has 25 heavy (non-hydrogen) atoms. The number of carbonyl (C=O) groups excluding carboxylic acids is 2. The third-order valence-corrected chi connectivity index (χ3v) is 3.51. The van der Waals surface area contributed by atoms with E-state index < -0.39 is 23.1 Å². The SMILES string of the molecule is CC(C)(C)OC(=O)CC(O)c1c(NC(=O)C(C)(C)C)cc(Cl)nc1Cl. The molecule has 0 saturated carbocycles. The minimum atomic E-state index is -1.30. The monoisotopic (exact) mass is 390 g/mol. The van der Waals surface area contributed by atoms with Crippen molar-refractivity contribution in [1.82, 2.24) is 4.98 Å². The highest BCUT2D eigenvalue weighted by molar-refractivity contribution is 6.33. The van der Waals surface area contributed by atoms with Crippen molar-refractivity contribution < 1.29 is 19.4 Å². The molecule has 1 amide bonds. The molecular formula is C17H24Cl2N2O4. The van der Waals surface area contributed by atoms with E-state index in [2.05, 4.69) is 10.3 Å². The van der Waals surface area contributed by atoms with Crippen molar-refractivity contribution in [3.8, 4) is 0 Å². The van der Waals surface area contributed by atoms with E-state index in [0.29, 0.717) is 0 Å². The number of amides is 1. The maximum absolute atomic E-state index is 12.3. The summed E-state index contributed by atoms with van der Waals surface area (Å²) in [4.78, 5) is 28.1. The van der Waals surface area contributed by atoms with Crippen LogP contribution in [0.25, 0.3) is 0 Å². The molecule has 0 aliphatic carbocycles. The van der Waals surface area contributed by atoms with Gasteiger partial charge in [-0.25, -0.2) is 4.98 Å². The molecule has 1 rings (SSSR count). The molecule has 1 aromatic heterocycles. The lowest BCUT2D eigenvalue weighted by Gasteiger charge is -2.23. The number of hydrogen-bond donors (Lipinski definition) is 2. The second-order valence-electron chi connectivity index (χ2n) is 7.71. The van der Waals surface area contributed by atoms with E-state index in [0.717, 1.165) is 0 Å². The largest absolute Gasteiger partial charge is 0.460 e. The van der Waals surface area contributed by atoms with E-state index in [9.17, 15) is 14.7 Å². The molecule has 1 aromatic rings. The fraction of sp³-hybridized carbons (Fsp3) is 0.588. The molecule has 8 heteroatoms. The smallest absolute Gasteiger partial charge is 0.309 e. The van der Waals surface area contributed by atoms with Crippen LogP contribution in [0.5, 0.6) is 0 Å². The molecule has 2 N–H and O–H groups in total. The predicted molar refractivity (Wildman–Crippen MR) is 97.8 cm³/mol. The molecule has 0 fully saturated rings. The van der Waals surface area contributed by atoms with Crippen molar-refractivity contribution in [2.45, 2.75) is 59.7 Å². The average molecular weight is 391 g/mol. The molecular weight excluding hydrogens is 367 g/mol. The van der Waals surface area contributed by atoms with Crippen LogP contribution in [0.2, 0.25) is 10.3 Å². The van der Waals surface area contributed by atoms with Crippen molar-refractivity contribution in [2.75, 3.05) is 5.32 Å². The van der Waals surface area contributed by atoms with Crippen LogP contribution in [-0.4, -0.2) is 27.6 Å². The van der Waals surface area contributed by atoms with Crippen molar-refractivity contribution in [1.29, 1.82) is 0 Å². The van der Waals surface area contributed by atoms with Gasteiger partial charge in [-0.1, -0.05) is 44.0 Å². The maximum Gasteiger partial charge on any atom is 0.309 e. The molecule has 1 heterocycles. The molecule has 6 nitrogen and oxygen atoms in total. The fourth-order valence-corrected chi connectivity index (χ4v) is 2.42. The zero-order valence-corrected chi connectivity index (χ0v) is 16.7. The molecule has 0 bridgehead atoms. The van der Waals surface area contributed by atoms with Gasteiger partial charge in [-0.2, -0.15) is 0 Å². The van der Waals surface area contributed by atoms with E-state index >= 15 is 0 Å². The second kappa shape index (κ2) is 7.89. The first kappa shape index (κ1) is 21.7. The quantitative estimate of drug-likeness (QED) is 0.595. The number of hydrogen-bond acceptors (Lipinski definition) is 5. The molecule has 1 unspecified atom stereocenters. The highest BCUT2D eigenvalue weighted by atomic mass is 35.5. The lowest BCUT2D eigenvalue weighted by molar-refractivity contribution is -0.157. The Hall–Kier alpha value is -1.37. The van der Waals surface area contributed by atoms with Gasteiger partial charge in [0, 0.05) is 11.0 Å². The molecule has 1 atom stereocenters. The Morgan fingerprint density at radius 3 is 2.28 bits per heavy atom. The fourth-order valence-electron chi connectivity index (χ4n) is 1.87. The lowest BCUT2D eigenvalue weighted by atomic mass is 9.95. The minimum absolute atomic E-state index is 0.0578. The number of esters is 1. The Labute approximate surface area is 157 Å². The molecule has 140 valence electrons. The van der Waals surface area contributed by atoms with Gasteiger partial charge in [-0.3, -0.25) is 9.59 Å². The number of pyridine rings is 1. The van der Waals surface area contributed by atoms with Crippen molar-refractivity contribution in [2.24, 2.45) is 5.41 Å². The standard InChI is InChI=1S/C17H24Cl2N2O4/c1-16(2,3)15(24)20-9-7-11(18)21-14(19)13(9)10(22)8-12(23)25-17(4,5)6/h7,10,22H,8H2,1-6H3,(H,20,21,24). The van der Waals surface area contributed by atoms with Crippen LogP contribution in [0.15, 0.2) is 6.07 Å². The van der Waals surface area contributed by atoms with Gasteiger partial charge in [0.2, 0.25) is 5.91 Å². The summed E-state index contributed by atoms with van der Waals surface area (Å²) in [7, 11) is 0. The predicted octanol–water partition coefficient (Wildman–Crippen LogP) is 4.14. The van der Waals surface area contributed by atoms with Gasteiger partial charge in [-0.05, 0) is 26.8 Å². The average Bonchev–Trinajstić information content (AvgIpc) is 2.33. The maximum atomic E-state index is 12.3. The van der Waals surface area contributed by atoms with E-state index in [4.69, 9.17) is 27.9 Å². The van der Waals surface area contributed by atoms with E-state index in [1.807, 2.05) is 0 Å². The zero-order chi connectivity index (χ0) is 19.6. The highest BCUT2D eigenvalue weighted by Crippen LogP contribution is 2.34. The minimum Gasteiger partial charge on any atom is -0.460 e. The molecule has 0 spiro atoms. The number of anilines is 1. The normalized spacial score (nSPS) is 13.3. The third-order valence-electron chi connectivity index (χ3n) is 3.02. The van der Waals surface area contributed by atoms with Gasteiger partial charge in [0.15, 0.2) is 0 Å². The number of ether oxygens (including phenoxy) is 1. The summed E-state index contributed by atoms with van der Waals surface area (Å²) < 4.78 is 5.19. The Balaban J connectivity index is 3.12. The van der Waals surface area contributed by atoms with Crippen LogP contribution in [0.4, 0.5) is 5.69 Å². The van der Waals surface area contributed by atoms with E-state index in [1.54, 1.807) is 41.5 Å². The summed E-state index contributed by atoms with van der Waals surface area (Å²) in [6.45, 7) is 10.4. The molecule has 0 radical (unpaired) electrons. The number of rotatable bonds is 4. The van der Waals surface area contributed by atoms with Gasteiger partial charge in [0.05, 0.1) is 18.2 Å². The van der Waals surface area contributed by atoms with Gasteiger partial charge >= 0.3 is 5.97 Å². The first-order chi connectivity index (χ1) is 11.2. The van der Waals surface area contributed by atoms with Gasteiger partial charge < -0.3 is 15.2 Å². The number of nitrogens with zero attached hydrogens (tertiary/aromatic N) is 1. The van der Waals surface area contributed by atoms with E-state index in [1.165, 1.54) is 6.07 Å². The van der Waals surface area contributed by atoms with Crippen molar-refractivity contribution in [3.05, 3.63) is 21.9 Å². The van der Waals surface area contributed by atoms with E-state index in [-0.39, 0.29) is 33.9 Å². The van der Waals surface area contributed by atoms with Crippen molar-refractivity contribution in [3.63, 3.8) is 0 Å². The number of carbonyl (C=O) groups is 2. The summed E-state index contributed by atoms with van der Waals surface area (Å²) in [5.74, 6) is -0.893. The van der Waals surface area contributed by atoms with Gasteiger partial charge in [0.1, 0.15) is 15.9 Å². The number of halogens is 2. The van der Waals surface area contributed by atoms with Crippen LogP contribution < -0.4 is 5.32 Å². The zero-order valence-electron chi connectivity index (χ0n) is 15.2. The molecule has 0 aromatic carbocycles. The van der Waals surface area contributed by atoms with Crippen LogP contribution in [0.1, 0.15) is 59.6 Å². The van der Waals surface area contributed by atoms with Gasteiger partial charge in [0.25, 0.3) is 0 Å². The topological polar surface area (TPSA) is 88.5 Å².